The zero-order chi connectivity index (χ0) is 18.5. The Morgan fingerprint density at radius 3 is 2.85 bits per heavy atom. The number of nitrogen functional groups attached to an aromatic ring is 1. The van der Waals surface area contributed by atoms with Gasteiger partial charge >= 0.3 is 6.18 Å². The van der Waals surface area contributed by atoms with Crippen molar-refractivity contribution in [3.8, 4) is 28.7 Å². The summed E-state index contributed by atoms with van der Waals surface area (Å²) in [6, 6.07) is 1.59. The number of ether oxygens (including phenoxy) is 1. The van der Waals surface area contributed by atoms with E-state index in [2.05, 4.69) is 20.1 Å². The van der Waals surface area contributed by atoms with Crippen LogP contribution in [0.2, 0.25) is 0 Å². The minimum atomic E-state index is -4.41. The van der Waals surface area contributed by atoms with Crippen molar-refractivity contribution in [3.63, 3.8) is 0 Å². The number of hydrogen-bond acceptors (Lipinski definition) is 6. The topological polar surface area (TPSA) is 96.7 Å². The molecule has 1 aliphatic heterocycles. The fraction of sp³-hybridized carbons (Fsp3) is 0.333. The highest BCUT2D eigenvalue weighted by Crippen LogP contribution is 2.34. The summed E-state index contributed by atoms with van der Waals surface area (Å²) in [5, 5.41) is 3.84. The highest BCUT2D eigenvalue weighted by Gasteiger charge is 2.31. The first-order chi connectivity index (χ1) is 12.3. The molecule has 2 N–H and O–H groups in total. The average molecular weight is 365 g/mol. The van der Waals surface area contributed by atoms with E-state index in [-0.39, 0.29) is 11.6 Å². The Kier molecular flexibility index (Phi) is 3.60. The van der Waals surface area contributed by atoms with E-state index in [1.165, 1.54) is 13.1 Å². The van der Waals surface area contributed by atoms with Crippen LogP contribution < -0.4 is 10.5 Å². The smallest absolute Gasteiger partial charge is 0.408 e. The number of halogens is 3. The first kappa shape index (κ1) is 16.4. The van der Waals surface area contributed by atoms with Gasteiger partial charge in [-0.15, -0.1) is 0 Å². The third-order valence-corrected chi connectivity index (χ3v) is 3.83. The molecular weight excluding hydrogens is 351 g/mol. The summed E-state index contributed by atoms with van der Waals surface area (Å²) in [6.07, 6.45) is -1.24. The van der Waals surface area contributed by atoms with Crippen molar-refractivity contribution in [3.05, 3.63) is 24.3 Å². The molecular formula is C15H14F3N7O. The summed E-state index contributed by atoms with van der Waals surface area (Å²) in [7, 11) is 0. The lowest BCUT2D eigenvalue weighted by atomic mass is 10.2. The van der Waals surface area contributed by atoms with Gasteiger partial charge in [-0.2, -0.15) is 18.3 Å². The molecule has 26 heavy (non-hydrogen) atoms. The van der Waals surface area contributed by atoms with Gasteiger partial charge in [0.1, 0.15) is 42.1 Å². The molecule has 0 amide bonds. The van der Waals surface area contributed by atoms with Crippen molar-refractivity contribution in [1.82, 2.24) is 29.3 Å². The second kappa shape index (κ2) is 5.71. The largest absolute Gasteiger partial charge is 0.491 e. The monoisotopic (exact) mass is 365 g/mol. The number of rotatable bonds is 2. The van der Waals surface area contributed by atoms with E-state index in [1.54, 1.807) is 16.8 Å². The van der Waals surface area contributed by atoms with E-state index in [1.807, 2.05) is 0 Å². The zero-order valence-corrected chi connectivity index (χ0v) is 13.7. The lowest BCUT2D eigenvalue weighted by molar-refractivity contribution is -0.142. The van der Waals surface area contributed by atoms with Gasteiger partial charge in [-0.25, -0.2) is 19.6 Å². The second-order valence-electron chi connectivity index (χ2n) is 5.85. The number of alkyl halides is 3. The van der Waals surface area contributed by atoms with Crippen LogP contribution in [-0.2, 0) is 13.1 Å². The number of imidazole rings is 1. The van der Waals surface area contributed by atoms with E-state index < -0.39 is 12.7 Å². The van der Waals surface area contributed by atoms with Crippen molar-refractivity contribution in [1.29, 1.82) is 0 Å². The van der Waals surface area contributed by atoms with Gasteiger partial charge in [-0.05, 0) is 6.92 Å². The van der Waals surface area contributed by atoms with E-state index in [4.69, 9.17) is 10.5 Å². The normalized spacial score (nSPS) is 13.7. The van der Waals surface area contributed by atoms with Crippen molar-refractivity contribution in [2.75, 3.05) is 12.3 Å². The molecule has 0 saturated carbocycles. The Hall–Kier alpha value is -3.11. The van der Waals surface area contributed by atoms with Crippen LogP contribution in [0.4, 0.5) is 19.0 Å². The number of anilines is 1. The maximum Gasteiger partial charge on any atom is 0.408 e. The molecule has 0 aromatic carbocycles. The Labute approximate surface area is 145 Å². The lowest BCUT2D eigenvalue weighted by Crippen LogP contribution is -2.19. The molecule has 3 aromatic rings. The van der Waals surface area contributed by atoms with Gasteiger partial charge in [0.05, 0.1) is 12.1 Å². The molecule has 136 valence electrons. The maximum absolute atomic E-state index is 12.8. The van der Waals surface area contributed by atoms with Crippen molar-refractivity contribution in [2.45, 2.75) is 26.2 Å². The minimum absolute atomic E-state index is 0.0614. The fourth-order valence-electron chi connectivity index (χ4n) is 2.83. The second-order valence-corrected chi connectivity index (χ2v) is 5.85. The maximum atomic E-state index is 12.8. The average Bonchev–Trinajstić information content (AvgIpc) is 3.05. The number of aryl methyl sites for hydroxylation is 1. The molecule has 1 aliphatic rings. The van der Waals surface area contributed by atoms with Crippen LogP contribution in [0.3, 0.4) is 0 Å². The molecule has 3 aromatic heterocycles. The predicted octanol–water partition coefficient (Wildman–Crippen LogP) is 2.05. The Morgan fingerprint density at radius 2 is 2.08 bits per heavy atom. The first-order valence-electron chi connectivity index (χ1n) is 7.74. The summed E-state index contributed by atoms with van der Waals surface area (Å²) < 4.78 is 46.7. The van der Waals surface area contributed by atoms with Gasteiger partial charge < -0.3 is 15.0 Å². The van der Waals surface area contributed by atoms with E-state index in [0.29, 0.717) is 41.8 Å². The summed E-state index contributed by atoms with van der Waals surface area (Å²) in [6.45, 7) is 1.15. The standard InChI is InChI=1S/C15H14F3N7O/c1-8-21-14(25(23-8)7-15(16,17)18)10-6-24-2-3-26-11-4-12(19)20-5-9(11)13(24)22-10/h4-6H,2-3,7H2,1H3,(H2,19,20). The summed E-state index contributed by atoms with van der Waals surface area (Å²) >= 11 is 0. The van der Waals surface area contributed by atoms with Crippen LogP contribution in [0.5, 0.6) is 5.75 Å². The van der Waals surface area contributed by atoms with Crippen LogP contribution >= 0.6 is 0 Å². The highest BCUT2D eigenvalue weighted by atomic mass is 19.4. The molecule has 0 unspecified atom stereocenters. The number of hydrogen-bond donors (Lipinski definition) is 1. The van der Waals surface area contributed by atoms with Crippen LogP contribution in [0.1, 0.15) is 5.82 Å². The third kappa shape index (κ3) is 2.95. The number of pyridine rings is 1. The Balaban J connectivity index is 1.81. The van der Waals surface area contributed by atoms with Gasteiger partial charge in [0.2, 0.25) is 0 Å². The molecule has 11 heteroatoms. The van der Waals surface area contributed by atoms with Crippen molar-refractivity contribution in [2.24, 2.45) is 0 Å². The molecule has 0 aliphatic carbocycles. The van der Waals surface area contributed by atoms with Gasteiger partial charge in [-0.1, -0.05) is 0 Å². The summed E-state index contributed by atoms with van der Waals surface area (Å²) in [4.78, 5) is 12.6. The lowest BCUT2D eigenvalue weighted by Gasteiger charge is -2.08. The number of aromatic nitrogens is 6. The fourth-order valence-corrected chi connectivity index (χ4v) is 2.83. The molecule has 4 heterocycles. The van der Waals surface area contributed by atoms with Gasteiger partial charge in [0.25, 0.3) is 0 Å². The van der Waals surface area contributed by atoms with Gasteiger partial charge in [-0.3, -0.25) is 0 Å². The van der Waals surface area contributed by atoms with Crippen LogP contribution in [-0.4, -0.2) is 42.1 Å². The quantitative estimate of drug-likeness (QED) is 0.747. The van der Waals surface area contributed by atoms with Crippen LogP contribution in [0.25, 0.3) is 22.9 Å². The van der Waals surface area contributed by atoms with E-state index >= 15 is 0 Å². The molecule has 0 saturated heterocycles. The predicted molar refractivity (Wildman–Crippen MR) is 85.2 cm³/mol. The number of fused-ring (bicyclic) bond motifs is 3. The molecule has 0 atom stereocenters. The third-order valence-electron chi connectivity index (χ3n) is 3.83. The van der Waals surface area contributed by atoms with Gasteiger partial charge in [0, 0.05) is 18.5 Å². The molecule has 0 bridgehead atoms. The Bertz CT molecular complexity index is 976. The SMILES string of the molecule is Cc1nc(-c2cn3c(n2)-c2cnc(N)cc2OCC3)n(CC(F)(F)F)n1. The zero-order valence-electron chi connectivity index (χ0n) is 13.7. The molecule has 4 rings (SSSR count). The molecule has 0 spiro atoms. The molecule has 0 fully saturated rings. The Morgan fingerprint density at radius 1 is 1.27 bits per heavy atom. The number of nitrogens with zero attached hydrogens (tertiary/aromatic N) is 6. The summed E-state index contributed by atoms with van der Waals surface area (Å²) in [5.74, 6) is 1.67. The number of nitrogens with two attached hydrogens (primary N) is 1. The van der Waals surface area contributed by atoms with Crippen LogP contribution in [0, 0.1) is 6.92 Å². The highest BCUT2D eigenvalue weighted by molar-refractivity contribution is 5.68. The van der Waals surface area contributed by atoms with Crippen molar-refractivity contribution >= 4 is 5.82 Å². The first-order valence-corrected chi connectivity index (χ1v) is 7.74. The van der Waals surface area contributed by atoms with Crippen LogP contribution in [0.15, 0.2) is 18.5 Å². The van der Waals surface area contributed by atoms with Gasteiger partial charge in [0.15, 0.2) is 5.82 Å². The minimum Gasteiger partial charge on any atom is -0.491 e. The van der Waals surface area contributed by atoms with Crippen molar-refractivity contribution < 1.29 is 17.9 Å². The summed E-state index contributed by atoms with van der Waals surface area (Å²) in [5.41, 5.74) is 6.60. The van der Waals surface area contributed by atoms with E-state index in [9.17, 15) is 13.2 Å². The molecule has 8 nitrogen and oxygen atoms in total. The van der Waals surface area contributed by atoms with E-state index in [0.717, 1.165) is 4.68 Å². The molecule has 0 radical (unpaired) electrons.